The number of fused-ring (bicyclic) bond motifs is 4. The first-order valence-corrected chi connectivity index (χ1v) is 20.1. The van der Waals surface area contributed by atoms with Gasteiger partial charge in [-0.2, -0.15) is 0 Å². The molecule has 12 heteroatoms. The Morgan fingerprint density at radius 1 is 0.914 bits per heavy atom. The van der Waals surface area contributed by atoms with Crippen molar-refractivity contribution in [1.82, 2.24) is 24.1 Å². The second-order valence-corrected chi connectivity index (χ2v) is 16.2. The molecule has 0 saturated carbocycles. The number of aromatic carboxylic acids is 1. The van der Waals surface area contributed by atoms with Gasteiger partial charge in [-0.15, -0.1) is 0 Å². The van der Waals surface area contributed by atoms with Crippen LogP contribution in [0.3, 0.4) is 0 Å². The highest BCUT2D eigenvalue weighted by Crippen LogP contribution is 2.45. The summed E-state index contributed by atoms with van der Waals surface area (Å²) in [5.74, 6) is -0.491. The summed E-state index contributed by atoms with van der Waals surface area (Å²) in [5, 5.41) is 13.4. The Balaban J connectivity index is 1.30. The molecular weight excluding hydrogens is 771 g/mol. The molecule has 58 heavy (non-hydrogen) atoms. The van der Waals surface area contributed by atoms with Crippen LogP contribution in [0.4, 0.5) is 5.69 Å². The van der Waals surface area contributed by atoms with Crippen LogP contribution in [0.1, 0.15) is 85.4 Å². The smallest absolute Gasteiger partial charge is 0.352 e. The van der Waals surface area contributed by atoms with Crippen LogP contribution >= 0.6 is 23.2 Å². The van der Waals surface area contributed by atoms with Gasteiger partial charge in [0.2, 0.25) is 0 Å². The van der Waals surface area contributed by atoms with Gasteiger partial charge in [-0.3, -0.25) is 9.78 Å². The summed E-state index contributed by atoms with van der Waals surface area (Å²) in [7, 11) is 0. The molecule has 7 aromatic rings. The number of carbonyl (C=O) groups excluding carboxylic acids is 1. The first-order chi connectivity index (χ1) is 27.7. The fourth-order valence-corrected chi connectivity index (χ4v) is 9.05. The van der Waals surface area contributed by atoms with E-state index in [9.17, 15) is 9.90 Å². The van der Waals surface area contributed by atoms with E-state index in [1.807, 2.05) is 101 Å². The SMILES string of the molecule is Cc1cc(N2C[C@@H](C)n3c(c(CCCOc4cc(C)c(Cl)c(C)c4)c4ccc(Cl)c(-c5c(C)ncnc5C)c43)C2=O)c2c(c1)cc(C(=O)O)n2Cc1cccc(C)n1. The molecule has 4 aromatic heterocycles. The van der Waals surface area contributed by atoms with Crippen LogP contribution in [0.2, 0.25) is 10.0 Å². The number of benzene rings is 3. The topological polar surface area (TPSA) is 115 Å². The minimum Gasteiger partial charge on any atom is -0.494 e. The van der Waals surface area contributed by atoms with E-state index in [4.69, 9.17) is 32.9 Å². The lowest BCUT2D eigenvalue weighted by Gasteiger charge is -2.35. The number of carboxylic acids is 1. The van der Waals surface area contributed by atoms with Gasteiger partial charge in [0.1, 0.15) is 23.5 Å². The van der Waals surface area contributed by atoms with E-state index in [1.165, 1.54) is 0 Å². The highest BCUT2D eigenvalue weighted by atomic mass is 35.5. The Morgan fingerprint density at radius 2 is 1.64 bits per heavy atom. The largest absolute Gasteiger partial charge is 0.494 e. The maximum absolute atomic E-state index is 15.5. The van der Waals surface area contributed by atoms with Gasteiger partial charge in [0.25, 0.3) is 5.91 Å². The molecule has 5 heterocycles. The highest BCUT2D eigenvalue weighted by molar-refractivity contribution is 6.35. The molecule has 0 aliphatic carbocycles. The lowest BCUT2D eigenvalue weighted by Crippen LogP contribution is -2.43. The molecule has 0 spiro atoms. The van der Waals surface area contributed by atoms with Crippen LogP contribution in [0, 0.1) is 41.5 Å². The maximum Gasteiger partial charge on any atom is 0.352 e. The number of halogens is 2. The van der Waals surface area contributed by atoms with E-state index in [1.54, 1.807) is 17.0 Å². The van der Waals surface area contributed by atoms with Gasteiger partial charge < -0.3 is 23.9 Å². The third-order valence-electron chi connectivity index (χ3n) is 11.2. The number of amides is 1. The van der Waals surface area contributed by atoms with Gasteiger partial charge >= 0.3 is 5.97 Å². The fraction of sp³-hybridized carbons (Fsp3) is 0.283. The predicted molar refractivity (Wildman–Crippen MR) is 230 cm³/mol. The van der Waals surface area contributed by atoms with E-state index in [-0.39, 0.29) is 24.2 Å². The van der Waals surface area contributed by atoms with Crippen LogP contribution in [0.15, 0.2) is 67.0 Å². The Kier molecular flexibility index (Phi) is 10.3. The summed E-state index contributed by atoms with van der Waals surface area (Å²) < 4.78 is 10.2. The Labute approximate surface area is 347 Å². The van der Waals surface area contributed by atoms with Gasteiger partial charge in [0.15, 0.2) is 0 Å². The zero-order valence-corrected chi connectivity index (χ0v) is 35.1. The summed E-state index contributed by atoms with van der Waals surface area (Å²) >= 11 is 13.6. The van der Waals surface area contributed by atoms with Crippen LogP contribution in [-0.2, 0) is 13.0 Å². The molecule has 296 valence electrons. The number of aromatic nitrogens is 5. The third kappa shape index (κ3) is 6.78. The molecule has 1 aliphatic heterocycles. The van der Waals surface area contributed by atoms with E-state index in [0.717, 1.165) is 83.2 Å². The van der Waals surface area contributed by atoms with Gasteiger partial charge in [-0.1, -0.05) is 35.3 Å². The lowest BCUT2D eigenvalue weighted by atomic mass is 9.97. The first-order valence-electron chi connectivity index (χ1n) is 19.4. The number of pyridine rings is 1. The number of hydrogen-bond acceptors (Lipinski definition) is 6. The molecule has 10 nitrogen and oxygen atoms in total. The van der Waals surface area contributed by atoms with Crippen molar-refractivity contribution < 1.29 is 19.4 Å². The summed E-state index contributed by atoms with van der Waals surface area (Å²) in [4.78, 5) is 43.8. The van der Waals surface area contributed by atoms with Gasteiger partial charge in [-0.25, -0.2) is 14.8 Å². The minimum atomic E-state index is -1.06. The molecule has 0 fully saturated rings. The number of aryl methyl sites for hydroxylation is 7. The van der Waals surface area contributed by atoms with E-state index >= 15 is 4.79 Å². The average molecular weight is 816 g/mol. The summed E-state index contributed by atoms with van der Waals surface area (Å²) in [6, 6.07) is 18.9. The maximum atomic E-state index is 15.5. The van der Waals surface area contributed by atoms with E-state index in [2.05, 4.69) is 21.5 Å². The highest BCUT2D eigenvalue weighted by Gasteiger charge is 2.38. The van der Waals surface area contributed by atoms with Crippen molar-refractivity contribution in [2.45, 2.75) is 73.9 Å². The van der Waals surface area contributed by atoms with Gasteiger partial charge in [0, 0.05) is 56.6 Å². The number of rotatable bonds is 10. The first kappa shape index (κ1) is 39.1. The third-order valence-corrected chi connectivity index (χ3v) is 12.1. The fourth-order valence-electron chi connectivity index (χ4n) is 8.69. The molecule has 8 rings (SSSR count). The normalized spacial score (nSPS) is 14.1. The molecule has 0 radical (unpaired) electrons. The van der Waals surface area contributed by atoms with Crippen molar-refractivity contribution in [2.75, 3.05) is 18.1 Å². The number of carboxylic acid groups (broad SMARTS) is 1. The summed E-state index contributed by atoms with van der Waals surface area (Å²) in [5.41, 5.74) is 11.3. The van der Waals surface area contributed by atoms with Crippen molar-refractivity contribution in [3.05, 3.63) is 133 Å². The molecule has 1 amide bonds. The molecule has 0 saturated heterocycles. The zero-order valence-electron chi connectivity index (χ0n) is 33.6. The molecule has 3 aromatic carbocycles. The number of anilines is 1. The Hall–Kier alpha value is -5.71. The van der Waals surface area contributed by atoms with Crippen LogP contribution in [0.5, 0.6) is 5.75 Å². The Morgan fingerprint density at radius 3 is 2.33 bits per heavy atom. The molecule has 0 unspecified atom stereocenters. The number of hydrogen-bond donors (Lipinski definition) is 1. The van der Waals surface area contributed by atoms with Crippen LogP contribution in [-0.4, -0.2) is 54.2 Å². The molecular formula is C46H44Cl2N6O4. The summed E-state index contributed by atoms with van der Waals surface area (Å²) in [6.07, 6.45) is 2.73. The van der Waals surface area contributed by atoms with Gasteiger partial charge in [-0.05, 0) is 132 Å². The van der Waals surface area contributed by atoms with E-state index in [0.29, 0.717) is 47.9 Å². The number of carbonyl (C=O) groups is 2. The number of nitrogens with zero attached hydrogens (tertiary/aromatic N) is 6. The van der Waals surface area contributed by atoms with Crippen LogP contribution in [0.25, 0.3) is 32.9 Å². The second-order valence-electron chi connectivity index (χ2n) is 15.4. The zero-order chi connectivity index (χ0) is 41.2. The minimum absolute atomic E-state index is 0.124. The van der Waals surface area contributed by atoms with Crippen molar-refractivity contribution in [3.8, 4) is 16.9 Å². The van der Waals surface area contributed by atoms with Crippen LogP contribution < -0.4 is 9.64 Å². The van der Waals surface area contributed by atoms with Crippen molar-refractivity contribution in [3.63, 3.8) is 0 Å². The Bertz CT molecular complexity index is 2780. The second kappa shape index (κ2) is 15.2. The monoisotopic (exact) mass is 814 g/mol. The van der Waals surface area contributed by atoms with E-state index < -0.39 is 5.97 Å². The molecule has 1 aliphatic rings. The van der Waals surface area contributed by atoms with Crippen molar-refractivity contribution in [2.24, 2.45) is 0 Å². The van der Waals surface area contributed by atoms with Crippen molar-refractivity contribution >= 4 is 62.6 Å². The molecule has 1 N–H and O–H groups in total. The van der Waals surface area contributed by atoms with Crippen molar-refractivity contribution in [1.29, 1.82) is 0 Å². The standard InChI is InChI=1S/C46H44Cl2N6O4/c1-24-16-31-20-38(46(56)57)52(22-32-11-8-10-27(4)51-32)42(31)37(17-24)53-21-28(5)54-43-35(13-14-36(47)40(43)39-29(6)49-23-50-30(39)7)34(44(54)45(53)55)12-9-15-58-33-18-25(2)41(48)26(3)19-33/h8,10-11,13-14,16-20,23,28H,9,12,15,21-22H2,1-7H3,(H,56,57)/t28-/m1/s1. The number of ether oxygens (including phenoxy) is 1. The average Bonchev–Trinajstić information content (AvgIpc) is 3.70. The van der Waals surface area contributed by atoms with Gasteiger partial charge in [0.05, 0.1) is 40.6 Å². The molecule has 0 bridgehead atoms. The lowest BCUT2D eigenvalue weighted by molar-refractivity contribution is 0.0686. The molecule has 1 atom stereocenters. The summed E-state index contributed by atoms with van der Waals surface area (Å²) in [6.45, 7) is 14.8. The predicted octanol–water partition coefficient (Wildman–Crippen LogP) is 10.6. The quantitative estimate of drug-likeness (QED) is 0.137.